The van der Waals surface area contributed by atoms with E-state index < -0.39 is 5.97 Å². The molecule has 0 saturated heterocycles. The number of nitrogens with zero attached hydrogens (tertiary/aromatic N) is 1. The van der Waals surface area contributed by atoms with Crippen molar-refractivity contribution in [3.8, 4) is 17.2 Å². The molecule has 0 atom stereocenters. The van der Waals surface area contributed by atoms with Crippen molar-refractivity contribution >= 4 is 17.9 Å². The fourth-order valence-electron chi connectivity index (χ4n) is 3.47. The predicted octanol–water partition coefficient (Wildman–Crippen LogP) is 7.41. The second-order valence-electron chi connectivity index (χ2n) is 8.35. The Bertz CT molecular complexity index is 1090. The average Bonchev–Trinajstić information content (AvgIpc) is 2.83. The van der Waals surface area contributed by atoms with Gasteiger partial charge in [0.1, 0.15) is 17.2 Å². The Morgan fingerprint density at radius 2 is 1.65 bits per heavy atom. The van der Waals surface area contributed by atoms with Crippen LogP contribution in [0.2, 0.25) is 0 Å². The lowest BCUT2D eigenvalue weighted by molar-refractivity contribution is 0.0734. The molecule has 3 aromatic carbocycles. The molecule has 0 amide bonds. The summed E-state index contributed by atoms with van der Waals surface area (Å²) in [5.41, 5.74) is 2.86. The fraction of sp³-hybridized carbons (Fsp3) is 0.310. The molecule has 3 rings (SSSR count). The van der Waals surface area contributed by atoms with Gasteiger partial charge in [-0.3, -0.25) is 4.99 Å². The van der Waals surface area contributed by atoms with Crippen molar-refractivity contribution < 1.29 is 19.4 Å². The van der Waals surface area contributed by atoms with Crippen molar-refractivity contribution in [3.63, 3.8) is 0 Å². The second-order valence-corrected chi connectivity index (χ2v) is 8.35. The van der Waals surface area contributed by atoms with Gasteiger partial charge < -0.3 is 14.6 Å². The van der Waals surface area contributed by atoms with E-state index in [2.05, 4.69) is 11.9 Å². The van der Waals surface area contributed by atoms with E-state index in [9.17, 15) is 9.90 Å². The van der Waals surface area contributed by atoms with Crippen molar-refractivity contribution in [2.24, 2.45) is 4.99 Å². The van der Waals surface area contributed by atoms with E-state index in [4.69, 9.17) is 9.47 Å². The first-order valence-electron chi connectivity index (χ1n) is 11.9. The third-order valence-corrected chi connectivity index (χ3v) is 5.42. The Morgan fingerprint density at radius 3 is 2.38 bits per heavy atom. The number of unbranched alkanes of at least 4 members (excludes halogenated alkanes) is 5. The standard InChI is InChI=1S/C29H33NO4/c1-3-4-5-6-7-8-18-33-26-15-12-23(13-16-26)29(32)34-27-17-14-24(28(31)20-27)21-30-25-11-9-10-22(2)19-25/h9-17,19-21,31H,3-8,18H2,1-2H3. The molecular formula is C29H33NO4. The van der Waals surface area contributed by atoms with Gasteiger partial charge in [-0.05, 0) is 67.4 Å². The van der Waals surface area contributed by atoms with Gasteiger partial charge in [-0.25, -0.2) is 4.79 Å². The minimum Gasteiger partial charge on any atom is -0.507 e. The lowest BCUT2D eigenvalue weighted by Gasteiger charge is -2.08. The largest absolute Gasteiger partial charge is 0.507 e. The van der Waals surface area contributed by atoms with Crippen LogP contribution in [-0.2, 0) is 0 Å². The lowest BCUT2D eigenvalue weighted by Crippen LogP contribution is -2.08. The molecule has 0 aromatic heterocycles. The zero-order valence-electron chi connectivity index (χ0n) is 20.0. The highest BCUT2D eigenvalue weighted by Gasteiger charge is 2.10. The number of aryl methyl sites for hydroxylation is 1. The van der Waals surface area contributed by atoms with Crippen LogP contribution in [0.25, 0.3) is 0 Å². The highest BCUT2D eigenvalue weighted by Crippen LogP contribution is 2.24. The van der Waals surface area contributed by atoms with Crippen LogP contribution in [0.4, 0.5) is 5.69 Å². The molecule has 34 heavy (non-hydrogen) atoms. The topological polar surface area (TPSA) is 68.1 Å². The second kappa shape index (κ2) is 13.2. The van der Waals surface area contributed by atoms with E-state index in [1.807, 2.05) is 31.2 Å². The van der Waals surface area contributed by atoms with Crippen molar-refractivity contribution in [1.82, 2.24) is 0 Å². The summed E-state index contributed by atoms with van der Waals surface area (Å²) in [7, 11) is 0. The molecule has 0 aliphatic rings. The van der Waals surface area contributed by atoms with Crippen molar-refractivity contribution in [3.05, 3.63) is 83.4 Å². The Hall–Kier alpha value is -3.60. The molecule has 178 valence electrons. The molecule has 0 fully saturated rings. The molecule has 0 aliphatic carbocycles. The van der Waals surface area contributed by atoms with Gasteiger partial charge >= 0.3 is 5.97 Å². The molecular weight excluding hydrogens is 426 g/mol. The summed E-state index contributed by atoms with van der Waals surface area (Å²) in [5.74, 6) is 0.488. The van der Waals surface area contributed by atoms with Crippen LogP contribution in [0, 0.1) is 6.92 Å². The van der Waals surface area contributed by atoms with Gasteiger partial charge in [0.25, 0.3) is 0 Å². The maximum Gasteiger partial charge on any atom is 0.343 e. The first-order chi connectivity index (χ1) is 16.5. The van der Waals surface area contributed by atoms with E-state index in [0.717, 1.165) is 23.4 Å². The van der Waals surface area contributed by atoms with E-state index in [0.29, 0.717) is 17.7 Å². The molecule has 0 unspecified atom stereocenters. The van der Waals surface area contributed by atoms with Gasteiger partial charge in [-0.15, -0.1) is 0 Å². The maximum atomic E-state index is 12.5. The van der Waals surface area contributed by atoms with E-state index in [-0.39, 0.29) is 11.5 Å². The highest BCUT2D eigenvalue weighted by atomic mass is 16.5. The molecule has 3 aromatic rings. The normalized spacial score (nSPS) is 11.0. The zero-order chi connectivity index (χ0) is 24.2. The predicted molar refractivity (Wildman–Crippen MR) is 137 cm³/mol. The van der Waals surface area contributed by atoms with Crippen LogP contribution in [0.5, 0.6) is 17.2 Å². The van der Waals surface area contributed by atoms with Crippen LogP contribution in [0.15, 0.2) is 71.7 Å². The first kappa shape index (κ1) is 25.0. The Kier molecular flexibility index (Phi) is 9.71. The SMILES string of the molecule is CCCCCCCCOc1ccc(C(=O)Oc2ccc(C=Nc3cccc(C)c3)c(O)c2)cc1. The minimum absolute atomic E-state index is 0.0138. The summed E-state index contributed by atoms with van der Waals surface area (Å²) in [6, 6.07) is 19.4. The third-order valence-electron chi connectivity index (χ3n) is 5.42. The zero-order valence-corrected chi connectivity index (χ0v) is 20.0. The maximum absolute atomic E-state index is 12.5. The molecule has 0 bridgehead atoms. The summed E-state index contributed by atoms with van der Waals surface area (Å²) in [5, 5.41) is 10.3. The van der Waals surface area contributed by atoms with Gasteiger partial charge in [0.2, 0.25) is 0 Å². The van der Waals surface area contributed by atoms with Gasteiger partial charge in [-0.1, -0.05) is 51.2 Å². The summed E-state index contributed by atoms with van der Waals surface area (Å²) >= 11 is 0. The molecule has 1 N–H and O–H groups in total. The third kappa shape index (κ3) is 8.07. The van der Waals surface area contributed by atoms with E-state index in [1.165, 1.54) is 38.2 Å². The Balaban J connectivity index is 1.49. The molecule has 0 saturated carbocycles. The average molecular weight is 460 g/mol. The summed E-state index contributed by atoms with van der Waals surface area (Å²) in [6.45, 7) is 4.89. The van der Waals surface area contributed by atoms with Crippen LogP contribution in [-0.4, -0.2) is 23.9 Å². The van der Waals surface area contributed by atoms with Crippen molar-refractivity contribution in [2.75, 3.05) is 6.61 Å². The summed E-state index contributed by atoms with van der Waals surface area (Å²) < 4.78 is 11.2. The lowest BCUT2D eigenvalue weighted by atomic mass is 10.1. The molecule has 0 heterocycles. The molecule has 5 nitrogen and oxygen atoms in total. The number of benzene rings is 3. The Labute approximate surface area is 202 Å². The number of aliphatic imine (C=N–C) groups is 1. The van der Waals surface area contributed by atoms with Gasteiger partial charge in [0, 0.05) is 17.8 Å². The van der Waals surface area contributed by atoms with Crippen molar-refractivity contribution in [1.29, 1.82) is 0 Å². The van der Waals surface area contributed by atoms with E-state index in [1.54, 1.807) is 42.6 Å². The minimum atomic E-state index is -0.497. The number of aromatic hydroxyl groups is 1. The van der Waals surface area contributed by atoms with Crippen LogP contribution in [0.3, 0.4) is 0 Å². The smallest absolute Gasteiger partial charge is 0.343 e. The number of phenols is 1. The number of carbonyl (C=O) groups is 1. The van der Waals surface area contributed by atoms with Crippen LogP contribution >= 0.6 is 0 Å². The van der Waals surface area contributed by atoms with E-state index >= 15 is 0 Å². The number of phenolic OH excluding ortho intramolecular Hbond substituents is 1. The van der Waals surface area contributed by atoms with Gasteiger partial charge in [0.05, 0.1) is 17.9 Å². The molecule has 5 heteroatoms. The molecule has 0 spiro atoms. The van der Waals surface area contributed by atoms with Gasteiger partial charge in [0.15, 0.2) is 0 Å². The van der Waals surface area contributed by atoms with Crippen molar-refractivity contribution in [2.45, 2.75) is 52.4 Å². The summed E-state index contributed by atoms with van der Waals surface area (Å²) in [4.78, 5) is 16.9. The number of rotatable bonds is 12. The first-order valence-corrected chi connectivity index (χ1v) is 11.9. The number of esters is 1. The van der Waals surface area contributed by atoms with Crippen LogP contribution < -0.4 is 9.47 Å². The fourth-order valence-corrected chi connectivity index (χ4v) is 3.47. The number of carbonyl (C=O) groups excluding carboxylic acids is 1. The Morgan fingerprint density at radius 1 is 0.912 bits per heavy atom. The molecule has 0 aliphatic heterocycles. The summed E-state index contributed by atoms with van der Waals surface area (Å²) in [6.07, 6.45) is 8.87. The quantitative estimate of drug-likeness (QED) is 0.132. The number of ether oxygens (including phenoxy) is 2. The highest BCUT2D eigenvalue weighted by molar-refractivity contribution is 5.91. The number of hydrogen-bond donors (Lipinski definition) is 1. The molecule has 0 radical (unpaired) electrons. The van der Waals surface area contributed by atoms with Gasteiger partial charge in [-0.2, -0.15) is 0 Å². The number of hydrogen-bond acceptors (Lipinski definition) is 5. The monoisotopic (exact) mass is 459 g/mol. The van der Waals surface area contributed by atoms with Crippen LogP contribution in [0.1, 0.15) is 66.9 Å².